The van der Waals surface area contributed by atoms with Crippen LogP contribution in [0.2, 0.25) is 0 Å². The van der Waals surface area contributed by atoms with Crippen LogP contribution in [0.5, 0.6) is 0 Å². The van der Waals surface area contributed by atoms with Crippen LogP contribution in [0, 0.1) is 6.92 Å². The highest BCUT2D eigenvalue weighted by Gasteiger charge is 2.16. The number of anilines is 1. The van der Waals surface area contributed by atoms with Crippen LogP contribution in [-0.2, 0) is 14.3 Å². The minimum atomic E-state index is -0.546. The number of nitrogens with one attached hydrogen (secondary N) is 1. The zero-order chi connectivity index (χ0) is 17.5. The first kappa shape index (κ1) is 17.7. The molecule has 2 amide bonds. The average molecular weight is 346 g/mol. The second-order valence-corrected chi connectivity index (χ2v) is 6.17. The van der Waals surface area contributed by atoms with Crippen molar-refractivity contribution in [2.24, 2.45) is 0 Å². The molecule has 24 heavy (non-hydrogen) atoms. The smallest absolute Gasteiger partial charge is 0.348 e. The molecule has 0 radical (unpaired) electrons. The van der Waals surface area contributed by atoms with E-state index in [0.717, 1.165) is 5.56 Å². The van der Waals surface area contributed by atoms with Gasteiger partial charge in [-0.2, -0.15) is 0 Å². The van der Waals surface area contributed by atoms with Crippen molar-refractivity contribution in [3.8, 4) is 0 Å². The first-order valence-electron chi connectivity index (χ1n) is 7.27. The molecule has 1 aromatic heterocycles. The Morgan fingerprint density at radius 2 is 1.88 bits per heavy atom. The Balaban J connectivity index is 1.77. The summed E-state index contributed by atoms with van der Waals surface area (Å²) in [6.07, 6.45) is 0. The third-order valence-corrected chi connectivity index (χ3v) is 4.04. The molecule has 6 nitrogen and oxygen atoms in total. The Bertz CT molecular complexity index is 711. The van der Waals surface area contributed by atoms with E-state index in [2.05, 4.69) is 5.32 Å². The third kappa shape index (κ3) is 5.20. The lowest BCUT2D eigenvalue weighted by molar-refractivity contribution is -0.136. The summed E-state index contributed by atoms with van der Waals surface area (Å²) in [4.78, 5) is 37.2. The highest BCUT2D eigenvalue weighted by molar-refractivity contribution is 7.11. The average Bonchev–Trinajstić information content (AvgIpc) is 3.08. The number of esters is 1. The van der Waals surface area contributed by atoms with E-state index in [1.54, 1.807) is 29.6 Å². The Kier molecular flexibility index (Phi) is 6.08. The maximum atomic E-state index is 11.9. The van der Waals surface area contributed by atoms with Crippen molar-refractivity contribution >= 4 is 34.8 Å². The number of likely N-dealkylation sites (N-methyl/N-ethyl adjacent to an activating group) is 1. The molecule has 0 saturated heterocycles. The highest BCUT2D eigenvalue weighted by Crippen LogP contribution is 2.10. The van der Waals surface area contributed by atoms with E-state index in [-0.39, 0.29) is 12.5 Å². The Morgan fingerprint density at radius 3 is 2.50 bits per heavy atom. The zero-order valence-electron chi connectivity index (χ0n) is 13.4. The van der Waals surface area contributed by atoms with Crippen molar-refractivity contribution in [3.63, 3.8) is 0 Å². The van der Waals surface area contributed by atoms with Crippen molar-refractivity contribution in [2.75, 3.05) is 25.5 Å². The van der Waals surface area contributed by atoms with E-state index in [1.807, 2.05) is 19.1 Å². The number of carbonyl (C=O) groups is 3. The van der Waals surface area contributed by atoms with Gasteiger partial charge in [-0.15, -0.1) is 11.3 Å². The van der Waals surface area contributed by atoms with Gasteiger partial charge in [-0.05, 0) is 30.5 Å². The summed E-state index contributed by atoms with van der Waals surface area (Å²) in [5.41, 5.74) is 1.75. The normalized spacial score (nSPS) is 10.1. The third-order valence-electron chi connectivity index (χ3n) is 3.19. The molecule has 7 heteroatoms. The predicted octanol–water partition coefficient (Wildman–Crippen LogP) is 2.31. The van der Waals surface area contributed by atoms with Crippen LogP contribution in [0.3, 0.4) is 0 Å². The minimum Gasteiger partial charge on any atom is -0.451 e. The number of amides is 2. The van der Waals surface area contributed by atoms with Crippen molar-refractivity contribution < 1.29 is 19.1 Å². The molecule has 0 aliphatic heterocycles. The second kappa shape index (κ2) is 8.26. The highest BCUT2D eigenvalue weighted by atomic mass is 32.1. The van der Waals surface area contributed by atoms with Gasteiger partial charge in [-0.1, -0.05) is 23.8 Å². The van der Waals surface area contributed by atoms with Crippen molar-refractivity contribution in [2.45, 2.75) is 6.92 Å². The summed E-state index contributed by atoms with van der Waals surface area (Å²) >= 11 is 1.24. The minimum absolute atomic E-state index is 0.122. The summed E-state index contributed by atoms with van der Waals surface area (Å²) in [5, 5.41) is 4.45. The van der Waals surface area contributed by atoms with Gasteiger partial charge in [0.25, 0.3) is 5.91 Å². The first-order chi connectivity index (χ1) is 11.5. The fourth-order valence-electron chi connectivity index (χ4n) is 1.84. The van der Waals surface area contributed by atoms with Gasteiger partial charge in [-0.3, -0.25) is 9.59 Å². The van der Waals surface area contributed by atoms with E-state index in [9.17, 15) is 14.4 Å². The number of hydrogen-bond donors (Lipinski definition) is 1. The van der Waals surface area contributed by atoms with E-state index >= 15 is 0 Å². The number of rotatable bonds is 6. The zero-order valence-corrected chi connectivity index (χ0v) is 14.3. The Labute approximate surface area is 144 Å². The van der Waals surface area contributed by atoms with Gasteiger partial charge in [0.1, 0.15) is 4.88 Å². The monoisotopic (exact) mass is 346 g/mol. The number of benzene rings is 1. The molecule has 0 bridgehead atoms. The Hall–Kier alpha value is -2.67. The first-order valence-corrected chi connectivity index (χ1v) is 8.15. The molecular formula is C17H18N2O4S. The molecule has 0 spiro atoms. The topological polar surface area (TPSA) is 75.7 Å². The lowest BCUT2D eigenvalue weighted by atomic mass is 10.2. The van der Waals surface area contributed by atoms with E-state index in [0.29, 0.717) is 10.6 Å². The summed E-state index contributed by atoms with van der Waals surface area (Å²) < 4.78 is 4.93. The quantitative estimate of drug-likeness (QED) is 0.815. The molecule has 126 valence electrons. The fourth-order valence-corrected chi connectivity index (χ4v) is 2.46. The molecule has 2 rings (SSSR count). The molecule has 1 heterocycles. The molecule has 0 aliphatic carbocycles. The largest absolute Gasteiger partial charge is 0.451 e. The van der Waals surface area contributed by atoms with Gasteiger partial charge >= 0.3 is 5.97 Å². The summed E-state index contributed by atoms with van der Waals surface area (Å²) in [6.45, 7) is 1.43. The molecule has 0 unspecified atom stereocenters. The van der Waals surface area contributed by atoms with Crippen LogP contribution in [-0.4, -0.2) is 42.9 Å². The number of thiophene rings is 1. The predicted molar refractivity (Wildman–Crippen MR) is 92.0 cm³/mol. The lowest BCUT2D eigenvalue weighted by Gasteiger charge is -2.16. The maximum absolute atomic E-state index is 11.9. The van der Waals surface area contributed by atoms with Crippen molar-refractivity contribution in [1.82, 2.24) is 4.90 Å². The van der Waals surface area contributed by atoms with Crippen molar-refractivity contribution in [1.29, 1.82) is 0 Å². The van der Waals surface area contributed by atoms with E-state index < -0.39 is 18.5 Å². The number of aryl methyl sites for hydroxylation is 1. The maximum Gasteiger partial charge on any atom is 0.348 e. The summed E-state index contributed by atoms with van der Waals surface area (Å²) in [6, 6.07) is 10.7. The summed E-state index contributed by atoms with van der Waals surface area (Å²) in [7, 11) is 1.48. The Morgan fingerprint density at radius 1 is 1.17 bits per heavy atom. The van der Waals surface area contributed by atoms with Gasteiger partial charge in [0, 0.05) is 12.7 Å². The standard InChI is InChI=1S/C17H18N2O4S/c1-12-5-7-13(8-6-12)18-15(20)10-19(2)16(21)11-23-17(22)14-4-3-9-24-14/h3-9H,10-11H2,1-2H3,(H,18,20). The SMILES string of the molecule is Cc1ccc(NC(=O)CN(C)C(=O)COC(=O)c2cccs2)cc1. The molecule has 0 saturated carbocycles. The van der Waals surface area contributed by atoms with Crippen LogP contribution in [0.25, 0.3) is 0 Å². The van der Waals surface area contributed by atoms with Gasteiger partial charge in [0.05, 0.1) is 6.54 Å². The van der Waals surface area contributed by atoms with Crippen molar-refractivity contribution in [3.05, 3.63) is 52.2 Å². The number of nitrogens with zero attached hydrogens (tertiary/aromatic N) is 1. The van der Waals surface area contributed by atoms with Crippen LogP contribution in [0.15, 0.2) is 41.8 Å². The number of ether oxygens (including phenoxy) is 1. The second-order valence-electron chi connectivity index (χ2n) is 5.22. The number of hydrogen-bond acceptors (Lipinski definition) is 5. The van der Waals surface area contributed by atoms with Gasteiger partial charge in [0.2, 0.25) is 5.91 Å². The van der Waals surface area contributed by atoms with Gasteiger partial charge in [0.15, 0.2) is 6.61 Å². The molecule has 1 N–H and O–H groups in total. The van der Waals surface area contributed by atoms with Gasteiger partial charge in [-0.25, -0.2) is 4.79 Å². The van der Waals surface area contributed by atoms with Gasteiger partial charge < -0.3 is 15.0 Å². The van der Waals surface area contributed by atoms with E-state index in [1.165, 1.54) is 23.3 Å². The lowest BCUT2D eigenvalue weighted by Crippen LogP contribution is -2.37. The molecule has 1 aromatic carbocycles. The molecule has 0 aliphatic rings. The van der Waals surface area contributed by atoms with Crippen LogP contribution in [0.4, 0.5) is 5.69 Å². The molecule has 2 aromatic rings. The number of carbonyl (C=O) groups excluding carboxylic acids is 3. The van der Waals surface area contributed by atoms with Crippen LogP contribution in [0.1, 0.15) is 15.2 Å². The van der Waals surface area contributed by atoms with E-state index in [4.69, 9.17) is 4.74 Å². The molecular weight excluding hydrogens is 328 g/mol. The summed E-state index contributed by atoms with van der Waals surface area (Å²) in [5.74, 6) is -1.31. The fraction of sp³-hybridized carbons (Fsp3) is 0.235. The molecule has 0 atom stereocenters. The van der Waals surface area contributed by atoms with Crippen LogP contribution < -0.4 is 5.32 Å². The van der Waals surface area contributed by atoms with Crippen LogP contribution >= 0.6 is 11.3 Å². The molecule has 0 fully saturated rings.